The number of hydrogen-bond acceptors (Lipinski definition) is 5. The summed E-state index contributed by atoms with van der Waals surface area (Å²) in [7, 11) is 0. The van der Waals surface area contributed by atoms with Gasteiger partial charge in [-0.3, -0.25) is 25.8 Å². The zero-order valence-corrected chi connectivity index (χ0v) is 16.2. The number of para-hydroxylation sites is 1. The maximum atomic E-state index is 12.0. The Bertz CT molecular complexity index is 1010. The molecule has 8 heteroatoms. The van der Waals surface area contributed by atoms with E-state index in [1.165, 1.54) is 0 Å². The van der Waals surface area contributed by atoms with Gasteiger partial charge in [-0.15, -0.1) is 0 Å². The fourth-order valence-electron chi connectivity index (χ4n) is 2.49. The van der Waals surface area contributed by atoms with Crippen molar-refractivity contribution in [3.8, 4) is 11.5 Å². The molecule has 0 aliphatic heterocycles. The number of fused-ring (bicyclic) bond motifs is 1. The summed E-state index contributed by atoms with van der Waals surface area (Å²) in [6, 6.07) is 22.3. The number of hydrazine groups is 1. The molecule has 0 aliphatic rings. The van der Waals surface area contributed by atoms with E-state index in [9.17, 15) is 9.59 Å². The third kappa shape index (κ3) is 6.18. The zero-order chi connectivity index (χ0) is 20.5. The van der Waals surface area contributed by atoms with Gasteiger partial charge in [0.05, 0.1) is 0 Å². The van der Waals surface area contributed by atoms with Crippen molar-refractivity contribution in [3.63, 3.8) is 0 Å². The van der Waals surface area contributed by atoms with E-state index >= 15 is 0 Å². The molecule has 3 aromatic rings. The van der Waals surface area contributed by atoms with Crippen LogP contribution in [0.5, 0.6) is 11.5 Å². The maximum Gasteiger partial charge on any atom is 0.276 e. The number of amides is 2. The Kier molecular flexibility index (Phi) is 6.96. The normalized spacial score (nSPS) is 10.1. The number of ether oxygens (including phenoxy) is 2. The average molecular weight is 409 g/mol. The van der Waals surface area contributed by atoms with Gasteiger partial charge < -0.3 is 9.47 Å². The molecule has 0 spiro atoms. The standard InChI is InChI=1S/C21H19N3O4S/c25-19(13-28-18-12-6-8-15-7-4-5-11-17(15)18)22-21(29)24-23-20(26)14-27-16-9-2-1-3-10-16/h1-12H,13-14H2,(H,23,26)(H2,22,24,25,29). The summed E-state index contributed by atoms with van der Waals surface area (Å²) in [5.41, 5.74) is 4.79. The molecule has 3 rings (SSSR count). The lowest BCUT2D eigenvalue weighted by Crippen LogP contribution is -2.50. The summed E-state index contributed by atoms with van der Waals surface area (Å²) in [4.78, 5) is 23.8. The summed E-state index contributed by atoms with van der Waals surface area (Å²) in [5, 5.41) is 4.30. The SMILES string of the molecule is O=C(COc1ccccc1)NNC(=S)NC(=O)COc1cccc2ccccc12. The quantitative estimate of drug-likeness (QED) is 0.428. The van der Waals surface area contributed by atoms with E-state index < -0.39 is 11.8 Å². The van der Waals surface area contributed by atoms with Crippen LogP contribution in [0.15, 0.2) is 72.8 Å². The minimum Gasteiger partial charge on any atom is -0.484 e. The second kappa shape index (κ2) is 10.0. The number of nitrogens with one attached hydrogen (secondary N) is 3. The highest BCUT2D eigenvalue weighted by atomic mass is 32.1. The first-order valence-electron chi connectivity index (χ1n) is 8.79. The molecule has 0 radical (unpaired) electrons. The lowest BCUT2D eigenvalue weighted by Gasteiger charge is -2.12. The van der Waals surface area contributed by atoms with Crippen molar-refractivity contribution in [2.75, 3.05) is 13.2 Å². The predicted octanol–water partition coefficient (Wildman–Crippen LogP) is 2.32. The van der Waals surface area contributed by atoms with Gasteiger partial charge in [-0.2, -0.15) is 0 Å². The molecule has 148 valence electrons. The van der Waals surface area contributed by atoms with Crippen molar-refractivity contribution in [2.24, 2.45) is 0 Å². The second-order valence-electron chi connectivity index (χ2n) is 5.92. The largest absolute Gasteiger partial charge is 0.484 e. The number of rotatable bonds is 6. The van der Waals surface area contributed by atoms with E-state index in [0.717, 1.165) is 10.8 Å². The van der Waals surface area contributed by atoms with Crippen molar-refractivity contribution in [2.45, 2.75) is 0 Å². The minimum atomic E-state index is -0.454. The number of hydrogen-bond donors (Lipinski definition) is 3. The van der Waals surface area contributed by atoms with Crippen LogP contribution in [-0.2, 0) is 9.59 Å². The topological polar surface area (TPSA) is 88.7 Å². The number of carbonyl (C=O) groups excluding carboxylic acids is 2. The van der Waals surface area contributed by atoms with Gasteiger partial charge in [0.2, 0.25) is 0 Å². The second-order valence-corrected chi connectivity index (χ2v) is 6.33. The van der Waals surface area contributed by atoms with Gasteiger partial charge in [-0.1, -0.05) is 54.6 Å². The summed E-state index contributed by atoms with van der Waals surface area (Å²) in [6.07, 6.45) is 0. The van der Waals surface area contributed by atoms with E-state index in [2.05, 4.69) is 16.2 Å². The zero-order valence-electron chi connectivity index (χ0n) is 15.4. The molecule has 29 heavy (non-hydrogen) atoms. The first kappa shape index (κ1) is 20.1. The monoisotopic (exact) mass is 409 g/mol. The lowest BCUT2D eigenvalue weighted by molar-refractivity contribution is -0.124. The summed E-state index contributed by atoms with van der Waals surface area (Å²) in [6.45, 7) is -0.418. The molecule has 0 saturated carbocycles. The molecule has 0 fully saturated rings. The molecule has 0 heterocycles. The molecule has 3 aromatic carbocycles. The molecular formula is C21H19N3O4S. The van der Waals surface area contributed by atoms with E-state index in [0.29, 0.717) is 11.5 Å². The molecule has 0 unspecified atom stereocenters. The van der Waals surface area contributed by atoms with Gasteiger partial charge in [-0.05, 0) is 35.8 Å². The van der Waals surface area contributed by atoms with Gasteiger partial charge in [-0.25, -0.2) is 0 Å². The van der Waals surface area contributed by atoms with Gasteiger partial charge in [0.1, 0.15) is 11.5 Å². The molecule has 0 aliphatic carbocycles. The summed E-state index contributed by atoms with van der Waals surface area (Å²) in [5.74, 6) is 0.273. The van der Waals surface area contributed by atoms with Crippen molar-refractivity contribution in [1.82, 2.24) is 16.2 Å². The van der Waals surface area contributed by atoms with Crippen molar-refractivity contribution >= 4 is 39.9 Å². The van der Waals surface area contributed by atoms with Crippen LogP contribution in [0.2, 0.25) is 0 Å². The van der Waals surface area contributed by atoms with Crippen LogP contribution in [-0.4, -0.2) is 30.1 Å². The molecule has 0 bridgehead atoms. The van der Waals surface area contributed by atoms with Gasteiger partial charge in [0.25, 0.3) is 11.8 Å². The Hall–Kier alpha value is -3.65. The summed E-state index contributed by atoms with van der Waals surface area (Å²) < 4.78 is 10.9. The van der Waals surface area contributed by atoms with Gasteiger partial charge in [0, 0.05) is 5.39 Å². The fraction of sp³-hybridized carbons (Fsp3) is 0.0952. The Balaban J connectivity index is 1.39. The third-order valence-electron chi connectivity index (χ3n) is 3.79. The number of benzene rings is 3. The Labute approximate surface area is 173 Å². The molecule has 0 atom stereocenters. The van der Waals surface area contributed by atoms with Crippen LogP contribution in [0.3, 0.4) is 0 Å². The minimum absolute atomic E-state index is 0.0513. The fourth-order valence-corrected chi connectivity index (χ4v) is 2.65. The maximum absolute atomic E-state index is 12.0. The van der Waals surface area contributed by atoms with E-state index in [1.54, 1.807) is 30.3 Å². The number of thiocarbonyl (C=S) groups is 1. The molecule has 0 aromatic heterocycles. The van der Waals surface area contributed by atoms with Crippen LogP contribution < -0.4 is 25.6 Å². The third-order valence-corrected chi connectivity index (χ3v) is 3.99. The van der Waals surface area contributed by atoms with E-state index in [1.807, 2.05) is 42.5 Å². The molecule has 2 amide bonds. The molecule has 3 N–H and O–H groups in total. The van der Waals surface area contributed by atoms with Crippen molar-refractivity contribution in [3.05, 3.63) is 72.8 Å². The highest BCUT2D eigenvalue weighted by Gasteiger charge is 2.09. The van der Waals surface area contributed by atoms with Crippen LogP contribution in [0.25, 0.3) is 10.8 Å². The highest BCUT2D eigenvalue weighted by Crippen LogP contribution is 2.24. The molecule has 7 nitrogen and oxygen atoms in total. The van der Waals surface area contributed by atoms with Crippen LogP contribution >= 0.6 is 12.2 Å². The smallest absolute Gasteiger partial charge is 0.276 e. The van der Waals surface area contributed by atoms with Crippen LogP contribution in [0.1, 0.15) is 0 Å². The van der Waals surface area contributed by atoms with E-state index in [4.69, 9.17) is 21.7 Å². The van der Waals surface area contributed by atoms with E-state index in [-0.39, 0.29) is 18.3 Å². The predicted molar refractivity (Wildman–Crippen MR) is 113 cm³/mol. The average Bonchev–Trinajstić information content (AvgIpc) is 2.75. The Morgan fingerprint density at radius 3 is 2.28 bits per heavy atom. The Morgan fingerprint density at radius 2 is 1.45 bits per heavy atom. The van der Waals surface area contributed by atoms with Gasteiger partial charge in [0.15, 0.2) is 18.3 Å². The van der Waals surface area contributed by atoms with Crippen molar-refractivity contribution in [1.29, 1.82) is 0 Å². The first-order valence-corrected chi connectivity index (χ1v) is 9.20. The van der Waals surface area contributed by atoms with Crippen LogP contribution in [0.4, 0.5) is 0 Å². The summed E-state index contributed by atoms with van der Waals surface area (Å²) >= 11 is 4.98. The van der Waals surface area contributed by atoms with Crippen LogP contribution in [0, 0.1) is 0 Å². The highest BCUT2D eigenvalue weighted by molar-refractivity contribution is 7.80. The molecule has 0 saturated heterocycles. The van der Waals surface area contributed by atoms with Crippen molar-refractivity contribution < 1.29 is 19.1 Å². The van der Waals surface area contributed by atoms with Gasteiger partial charge >= 0.3 is 0 Å². The first-order chi connectivity index (χ1) is 14.1. The lowest BCUT2D eigenvalue weighted by atomic mass is 10.1. The molecular weight excluding hydrogens is 390 g/mol. The number of carbonyl (C=O) groups is 2. The Morgan fingerprint density at radius 1 is 0.759 bits per heavy atom.